The number of tetrazole rings is 1. The number of nitrogens with two attached hydrogens (primary N) is 3. The van der Waals surface area contributed by atoms with Crippen LogP contribution in [0.4, 0.5) is 5.95 Å². The summed E-state index contributed by atoms with van der Waals surface area (Å²) in [6, 6.07) is 0. The lowest BCUT2D eigenvalue weighted by atomic mass is 11.1. The fraction of sp³-hybridized carbons (Fsp3) is 0. The van der Waals surface area contributed by atoms with Crippen molar-refractivity contribution in [2.75, 3.05) is 5.43 Å². The van der Waals surface area contributed by atoms with Crippen LogP contribution >= 0.6 is 0 Å². The first-order valence-corrected chi connectivity index (χ1v) is 2.99. The number of H-pyrrole nitrogens is 1. The van der Waals surface area contributed by atoms with Crippen LogP contribution in [-0.2, 0) is 0 Å². The van der Waals surface area contributed by atoms with Crippen molar-refractivity contribution in [2.45, 2.75) is 0 Å². The highest BCUT2D eigenvalue weighted by Gasteiger charge is 2.00. The summed E-state index contributed by atoms with van der Waals surface area (Å²) in [6.45, 7) is 0. The molecule has 0 atom stereocenters. The number of nitrogens with one attached hydrogen (secondary N) is 2. The summed E-state index contributed by atoms with van der Waals surface area (Å²) in [7, 11) is 0. The number of nitrogens with zero attached hydrogens (tertiary/aromatic N) is 5. The maximum Gasteiger partial charge on any atom is 0.323 e. The first-order valence-electron chi connectivity index (χ1n) is 2.99. The van der Waals surface area contributed by atoms with Crippen LogP contribution in [-0.4, -0.2) is 31.6 Å². The van der Waals surface area contributed by atoms with Gasteiger partial charge in [0.15, 0.2) is 5.03 Å². The topological polar surface area (TPSA) is 200 Å². The number of hydrazine groups is 1. The minimum absolute atomic E-state index is 0.0926. The molecule has 14 heavy (non-hydrogen) atoms. The molecule has 0 amide bonds. The third-order valence-corrected chi connectivity index (χ3v) is 0.686. The van der Waals surface area contributed by atoms with E-state index in [9.17, 15) is 10.1 Å². The van der Waals surface area contributed by atoms with Gasteiger partial charge in [-0.25, -0.2) is 10.1 Å². The summed E-state index contributed by atoms with van der Waals surface area (Å²) in [5.41, 5.74) is 11.1. The Bertz CT molecular complexity index is 285. The highest BCUT2D eigenvalue weighted by molar-refractivity contribution is 5.75. The van der Waals surface area contributed by atoms with Gasteiger partial charge in [-0.1, -0.05) is 10.5 Å². The number of guanidine groups is 1. The van der Waals surface area contributed by atoms with Crippen molar-refractivity contribution in [3.63, 3.8) is 0 Å². The molecule has 0 aromatic carbocycles. The predicted molar refractivity (Wildman–Crippen MR) is 44.8 cm³/mol. The largest absolute Gasteiger partial charge is 0.369 e. The summed E-state index contributed by atoms with van der Waals surface area (Å²) in [5, 5.41) is 23.4. The molecular formula is C2H8N10O2. The highest BCUT2D eigenvalue weighted by atomic mass is 16.7. The summed E-state index contributed by atoms with van der Waals surface area (Å²) >= 11 is 0. The number of aromatic amines is 1. The molecule has 0 unspecified atom stereocenters. The van der Waals surface area contributed by atoms with E-state index >= 15 is 0 Å². The minimum atomic E-state index is -0.773. The van der Waals surface area contributed by atoms with E-state index < -0.39 is 5.03 Å². The van der Waals surface area contributed by atoms with Gasteiger partial charge < -0.3 is 17.3 Å². The molecule has 1 rings (SSSR count). The lowest BCUT2D eigenvalue weighted by Crippen LogP contribution is -2.23. The van der Waals surface area contributed by atoms with Crippen molar-refractivity contribution < 1.29 is 5.03 Å². The minimum Gasteiger partial charge on any atom is -0.369 e. The van der Waals surface area contributed by atoms with Gasteiger partial charge in [-0.2, -0.15) is 5.21 Å². The Morgan fingerprint density at radius 3 is 2.50 bits per heavy atom. The lowest BCUT2D eigenvalue weighted by Gasteiger charge is -1.83. The monoisotopic (exact) mass is 204 g/mol. The van der Waals surface area contributed by atoms with Gasteiger partial charge in [-0.15, -0.1) is 10.2 Å². The maximum absolute atomic E-state index is 9.64. The molecular weight excluding hydrogens is 196 g/mol. The number of hydrogen-bond acceptors (Lipinski definition) is 7. The molecule has 12 nitrogen and oxygen atoms in total. The predicted octanol–water partition coefficient (Wildman–Crippen LogP) is -3.06. The fourth-order valence-corrected chi connectivity index (χ4v) is 0.291. The number of hydrazone groups is 1. The number of anilines is 1. The molecule has 8 N–H and O–H groups in total. The zero-order valence-corrected chi connectivity index (χ0v) is 6.78. The third kappa shape index (κ3) is 6.08. The molecule has 0 radical (unpaired) electrons. The SMILES string of the molecule is NN=C(N)N.O=[N+]([O-])Nc1nn[nH]n1. The molecule has 78 valence electrons. The number of aromatic nitrogens is 4. The molecule has 12 heteroatoms. The van der Waals surface area contributed by atoms with E-state index in [4.69, 9.17) is 11.5 Å². The standard InChI is InChI=1S/CH2N6O2.CH6N4/c8-7(9)4-1-2-5-6-3-1;2-1(3)5-4/h(H2,2,3,4,5,6);4H2,(H4,2,3,5). The Morgan fingerprint density at radius 1 is 1.64 bits per heavy atom. The first-order chi connectivity index (χ1) is 6.56. The van der Waals surface area contributed by atoms with E-state index in [-0.39, 0.29) is 11.9 Å². The third-order valence-electron chi connectivity index (χ3n) is 0.686. The van der Waals surface area contributed by atoms with Gasteiger partial charge in [0.05, 0.1) is 0 Å². The molecule has 1 heterocycles. The summed E-state index contributed by atoms with van der Waals surface area (Å²) in [4.78, 5) is 9.64. The van der Waals surface area contributed by atoms with Crippen molar-refractivity contribution in [1.29, 1.82) is 0 Å². The molecule has 0 fully saturated rings. The highest BCUT2D eigenvalue weighted by Crippen LogP contribution is 1.86. The van der Waals surface area contributed by atoms with Crippen LogP contribution < -0.4 is 22.7 Å². The van der Waals surface area contributed by atoms with Crippen LogP contribution in [0, 0.1) is 10.1 Å². The molecule has 0 bridgehead atoms. The van der Waals surface area contributed by atoms with Gasteiger partial charge >= 0.3 is 5.95 Å². The Morgan fingerprint density at radius 2 is 2.21 bits per heavy atom. The zero-order chi connectivity index (χ0) is 11.0. The quantitative estimate of drug-likeness (QED) is 0.109. The molecule has 0 aliphatic rings. The Labute approximate surface area is 76.6 Å². The van der Waals surface area contributed by atoms with Crippen molar-refractivity contribution in [1.82, 2.24) is 20.6 Å². The maximum atomic E-state index is 9.64. The van der Waals surface area contributed by atoms with Crippen LogP contribution in [0.2, 0.25) is 0 Å². The van der Waals surface area contributed by atoms with Crippen molar-refractivity contribution in [3.05, 3.63) is 10.1 Å². The van der Waals surface area contributed by atoms with Gasteiger partial charge in [0.2, 0.25) is 5.96 Å². The van der Waals surface area contributed by atoms with Gasteiger partial charge in [-0.05, 0) is 5.21 Å². The molecule has 0 saturated carbocycles. The smallest absolute Gasteiger partial charge is 0.323 e. The van der Waals surface area contributed by atoms with Crippen LogP contribution in [0.5, 0.6) is 0 Å². The molecule has 1 aromatic rings. The van der Waals surface area contributed by atoms with Gasteiger partial charge in [0.25, 0.3) is 0 Å². The van der Waals surface area contributed by atoms with E-state index in [0.29, 0.717) is 0 Å². The van der Waals surface area contributed by atoms with Gasteiger partial charge in [0.1, 0.15) is 0 Å². The molecule has 0 aliphatic carbocycles. The Hall–Kier alpha value is -2.66. The first kappa shape index (κ1) is 11.3. The van der Waals surface area contributed by atoms with Crippen molar-refractivity contribution in [3.8, 4) is 0 Å². The van der Waals surface area contributed by atoms with Gasteiger partial charge in [0, 0.05) is 0 Å². The second-order valence-corrected chi connectivity index (χ2v) is 1.66. The fourth-order valence-electron chi connectivity index (χ4n) is 0.291. The number of rotatable bonds is 2. The second-order valence-electron chi connectivity index (χ2n) is 1.66. The van der Waals surface area contributed by atoms with E-state index in [0.717, 1.165) is 0 Å². The summed E-state index contributed by atoms with van der Waals surface area (Å²) < 4.78 is 0. The van der Waals surface area contributed by atoms with Crippen LogP contribution in [0.1, 0.15) is 0 Å². The van der Waals surface area contributed by atoms with E-state index in [2.05, 4.69) is 31.6 Å². The van der Waals surface area contributed by atoms with E-state index in [1.807, 2.05) is 0 Å². The number of nitro groups is 1. The Kier molecular flexibility index (Phi) is 4.80. The van der Waals surface area contributed by atoms with Crippen LogP contribution in [0.3, 0.4) is 0 Å². The zero-order valence-electron chi connectivity index (χ0n) is 6.78. The van der Waals surface area contributed by atoms with Crippen LogP contribution in [0.15, 0.2) is 5.10 Å². The molecule has 1 aromatic heterocycles. The van der Waals surface area contributed by atoms with E-state index in [1.54, 1.807) is 5.43 Å². The Balaban J connectivity index is 0.000000292. The average Bonchev–Trinajstić information content (AvgIpc) is 2.57. The molecule has 0 saturated heterocycles. The van der Waals surface area contributed by atoms with E-state index in [1.165, 1.54) is 0 Å². The molecule has 0 aliphatic heterocycles. The molecule has 0 spiro atoms. The van der Waals surface area contributed by atoms with Gasteiger partial charge in [-0.3, -0.25) is 0 Å². The number of hydrogen-bond donors (Lipinski definition) is 5. The summed E-state index contributed by atoms with van der Waals surface area (Å²) in [5.74, 6) is 4.26. The summed E-state index contributed by atoms with van der Waals surface area (Å²) in [6.07, 6.45) is 0. The van der Waals surface area contributed by atoms with Crippen LogP contribution in [0.25, 0.3) is 0 Å². The normalized spacial score (nSPS) is 8.00. The second kappa shape index (κ2) is 5.92. The average molecular weight is 204 g/mol. The lowest BCUT2D eigenvalue weighted by molar-refractivity contribution is -0.446. The van der Waals surface area contributed by atoms with Crippen molar-refractivity contribution >= 4 is 11.9 Å². The van der Waals surface area contributed by atoms with Crippen molar-refractivity contribution in [2.24, 2.45) is 22.4 Å².